The highest BCUT2D eigenvalue weighted by atomic mass is 16.6. The normalized spacial score (nSPS) is 14.2. The molecule has 8 heteroatoms. The van der Waals surface area contributed by atoms with E-state index in [1.165, 1.54) is 0 Å². The van der Waals surface area contributed by atoms with Gasteiger partial charge in [-0.1, -0.05) is 13.3 Å². The first-order chi connectivity index (χ1) is 14.0. The second-order valence-electron chi connectivity index (χ2n) is 6.83. The second-order valence-corrected chi connectivity index (χ2v) is 6.83. The Morgan fingerprint density at radius 1 is 1.07 bits per heavy atom. The van der Waals surface area contributed by atoms with Crippen LogP contribution in [0.5, 0.6) is 5.75 Å². The average Bonchev–Trinajstić information content (AvgIpc) is 2.73. The molecule has 1 fully saturated rings. The van der Waals surface area contributed by atoms with E-state index in [-0.39, 0.29) is 24.6 Å². The first kappa shape index (κ1) is 22.5. The van der Waals surface area contributed by atoms with Crippen LogP contribution in [-0.2, 0) is 14.3 Å². The molecule has 8 nitrogen and oxygen atoms in total. The van der Waals surface area contributed by atoms with Crippen LogP contribution in [0.25, 0.3) is 0 Å². The molecule has 1 aliphatic heterocycles. The lowest BCUT2D eigenvalue weighted by atomic mass is 10.1. The van der Waals surface area contributed by atoms with E-state index in [0.29, 0.717) is 50.5 Å². The first-order valence-corrected chi connectivity index (χ1v) is 10.1. The lowest BCUT2D eigenvalue weighted by molar-refractivity contribution is -0.125. The summed E-state index contributed by atoms with van der Waals surface area (Å²) in [4.78, 5) is 37.4. The number of esters is 1. The Morgan fingerprint density at radius 2 is 1.76 bits per heavy atom. The van der Waals surface area contributed by atoms with E-state index < -0.39 is 5.97 Å². The summed E-state index contributed by atoms with van der Waals surface area (Å²) in [5.41, 5.74) is 0.364. The third kappa shape index (κ3) is 7.63. The Hall–Kier alpha value is -2.77. The number of likely N-dealkylation sites (tertiary alicyclic amines) is 1. The maximum absolute atomic E-state index is 12.1. The van der Waals surface area contributed by atoms with Crippen LogP contribution in [0.3, 0.4) is 0 Å². The van der Waals surface area contributed by atoms with Gasteiger partial charge in [0.05, 0.1) is 18.8 Å². The number of nitrogens with one attached hydrogen (secondary N) is 1. The molecule has 1 aliphatic rings. The van der Waals surface area contributed by atoms with Gasteiger partial charge < -0.3 is 24.4 Å². The minimum Gasteiger partial charge on any atom is -0.494 e. The van der Waals surface area contributed by atoms with Crippen molar-refractivity contribution in [3.05, 3.63) is 29.8 Å². The molecule has 0 spiro atoms. The van der Waals surface area contributed by atoms with Crippen LogP contribution >= 0.6 is 0 Å². The van der Waals surface area contributed by atoms with E-state index in [0.717, 1.165) is 12.8 Å². The average molecular weight is 406 g/mol. The lowest BCUT2D eigenvalue weighted by Gasteiger charge is -2.31. The highest BCUT2D eigenvalue weighted by Crippen LogP contribution is 2.14. The summed E-state index contributed by atoms with van der Waals surface area (Å²) >= 11 is 0. The minimum absolute atomic E-state index is 0.0496. The van der Waals surface area contributed by atoms with Gasteiger partial charge >= 0.3 is 12.1 Å². The van der Waals surface area contributed by atoms with E-state index in [1.54, 1.807) is 36.1 Å². The number of unbranched alkanes of at least 4 members (excludes halogenated alkanes) is 1. The molecule has 0 atom stereocenters. The molecule has 0 saturated carbocycles. The molecular formula is C21H30N2O6. The molecule has 1 N–H and O–H groups in total. The molecule has 2 rings (SSSR count). The van der Waals surface area contributed by atoms with Gasteiger partial charge in [0.15, 0.2) is 6.61 Å². The lowest BCUT2D eigenvalue weighted by Crippen LogP contribution is -2.47. The van der Waals surface area contributed by atoms with Gasteiger partial charge in [0, 0.05) is 19.1 Å². The van der Waals surface area contributed by atoms with Crippen molar-refractivity contribution in [2.45, 2.75) is 45.6 Å². The topological polar surface area (TPSA) is 94.2 Å². The van der Waals surface area contributed by atoms with Crippen LogP contribution in [0.2, 0.25) is 0 Å². The van der Waals surface area contributed by atoms with Gasteiger partial charge in [-0.25, -0.2) is 9.59 Å². The Kier molecular flexibility index (Phi) is 9.27. The SMILES string of the molecule is CCCCOc1ccc(C(=O)OCC(=O)NC2CCN(C(=O)OCC)CC2)cc1. The van der Waals surface area contributed by atoms with E-state index in [9.17, 15) is 14.4 Å². The van der Waals surface area contributed by atoms with Crippen molar-refractivity contribution >= 4 is 18.0 Å². The van der Waals surface area contributed by atoms with Crippen LogP contribution in [0.1, 0.15) is 49.9 Å². The Labute approximate surface area is 171 Å². The van der Waals surface area contributed by atoms with Crippen molar-refractivity contribution in [1.29, 1.82) is 0 Å². The standard InChI is InChI=1S/C21H30N2O6/c1-3-5-14-28-18-8-6-16(7-9-18)20(25)29-15-19(24)22-17-10-12-23(13-11-17)21(26)27-4-2/h6-9,17H,3-5,10-15H2,1-2H3,(H,22,24). The van der Waals surface area contributed by atoms with Crippen LogP contribution in [0.15, 0.2) is 24.3 Å². The molecule has 1 aromatic rings. The molecule has 0 unspecified atom stereocenters. The fourth-order valence-corrected chi connectivity index (χ4v) is 2.93. The number of nitrogens with zero attached hydrogens (tertiary/aromatic N) is 1. The maximum atomic E-state index is 12.1. The van der Waals surface area contributed by atoms with Crippen molar-refractivity contribution in [2.75, 3.05) is 32.9 Å². The summed E-state index contributed by atoms with van der Waals surface area (Å²) < 4.78 is 15.6. The molecule has 0 radical (unpaired) electrons. The quantitative estimate of drug-likeness (QED) is 0.501. The van der Waals surface area contributed by atoms with E-state index in [2.05, 4.69) is 12.2 Å². The minimum atomic E-state index is -0.558. The zero-order chi connectivity index (χ0) is 21.1. The van der Waals surface area contributed by atoms with Crippen LogP contribution in [0, 0.1) is 0 Å². The summed E-state index contributed by atoms with van der Waals surface area (Å²) in [6.45, 7) is 5.54. The number of hydrogen-bond donors (Lipinski definition) is 1. The number of piperidine rings is 1. The van der Waals surface area contributed by atoms with Crippen molar-refractivity contribution in [3.63, 3.8) is 0 Å². The summed E-state index contributed by atoms with van der Waals surface area (Å²) in [6, 6.07) is 6.61. The van der Waals surface area contributed by atoms with Crippen molar-refractivity contribution in [2.24, 2.45) is 0 Å². The Morgan fingerprint density at radius 3 is 2.38 bits per heavy atom. The molecule has 1 saturated heterocycles. The van der Waals surface area contributed by atoms with Gasteiger partial charge in [0.2, 0.25) is 0 Å². The zero-order valence-corrected chi connectivity index (χ0v) is 17.1. The van der Waals surface area contributed by atoms with Crippen molar-refractivity contribution in [3.8, 4) is 5.75 Å². The van der Waals surface area contributed by atoms with Gasteiger partial charge in [0.25, 0.3) is 5.91 Å². The molecular weight excluding hydrogens is 376 g/mol. The number of carbonyl (C=O) groups excluding carboxylic acids is 3. The number of benzene rings is 1. The summed E-state index contributed by atoms with van der Waals surface area (Å²) in [5, 5.41) is 2.84. The highest BCUT2D eigenvalue weighted by molar-refractivity contribution is 5.91. The van der Waals surface area contributed by atoms with E-state index in [1.807, 2.05) is 0 Å². The van der Waals surface area contributed by atoms with Crippen molar-refractivity contribution in [1.82, 2.24) is 10.2 Å². The number of carbonyl (C=O) groups is 3. The zero-order valence-electron chi connectivity index (χ0n) is 17.1. The van der Waals surface area contributed by atoms with Gasteiger partial charge in [0.1, 0.15) is 5.75 Å². The fraction of sp³-hybridized carbons (Fsp3) is 0.571. The monoisotopic (exact) mass is 406 g/mol. The number of amides is 2. The van der Waals surface area contributed by atoms with E-state index in [4.69, 9.17) is 14.2 Å². The smallest absolute Gasteiger partial charge is 0.409 e. The van der Waals surface area contributed by atoms with Gasteiger partial charge in [-0.3, -0.25) is 4.79 Å². The summed E-state index contributed by atoms with van der Waals surface area (Å²) in [5.74, 6) is -0.216. The molecule has 0 bridgehead atoms. The Balaban J connectivity index is 1.68. The third-order valence-corrected chi connectivity index (χ3v) is 4.58. The molecule has 1 aromatic carbocycles. The summed E-state index contributed by atoms with van der Waals surface area (Å²) in [7, 11) is 0. The molecule has 0 aromatic heterocycles. The van der Waals surface area contributed by atoms with E-state index >= 15 is 0 Å². The van der Waals surface area contributed by atoms with Gasteiger partial charge in [-0.15, -0.1) is 0 Å². The second kappa shape index (κ2) is 11.9. The third-order valence-electron chi connectivity index (χ3n) is 4.58. The van der Waals surface area contributed by atoms with Gasteiger partial charge in [-0.05, 0) is 50.5 Å². The van der Waals surface area contributed by atoms with Crippen molar-refractivity contribution < 1.29 is 28.6 Å². The molecule has 0 aliphatic carbocycles. The number of ether oxygens (including phenoxy) is 3. The fourth-order valence-electron chi connectivity index (χ4n) is 2.93. The summed E-state index contributed by atoms with van der Waals surface area (Å²) in [6.07, 6.45) is 2.97. The molecule has 29 heavy (non-hydrogen) atoms. The van der Waals surface area contributed by atoms with Crippen LogP contribution in [-0.4, -0.2) is 61.8 Å². The molecule has 2 amide bonds. The largest absolute Gasteiger partial charge is 0.494 e. The maximum Gasteiger partial charge on any atom is 0.409 e. The molecule has 160 valence electrons. The molecule has 1 heterocycles. The van der Waals surface area contributed by atoms with Crippen LogP contribution in [0.4, 0.5) is 4.79 Å². The predicted octanol–water partition coefficient (Wildman–Crippen LogP) is 2.76. The Bertz CT molecular complexity index is 668. The predicted molar refractivity (Wildman–Crippen MR) is 107 cm³/mol. The number of hydrogen-bond acceptors (Lipinski definition) is 6. The first-order valence-electron chi connectivity index (χ1n) is 10.1. The van der Waals surface area contributed by atoms with Crippen LogP contribution < -0.4 is 10.1 Å². The number of rotatable bonds is 9. The highest BCUT2D eigenvalue weighted by Gasteiger charge is 2.24. The van der Waals surface area contributed by atoms with Gasteiger partial charge in [-0.2, -0.15) is 0 Å².